The molecule has 0 rings (SSSR count). The Morgan fingerprint density at radius 3 is 0.708 bits per heavy atom. The van der Waals surface area contributed by atoms with E-state index in [2.05, 4.69) is 41.5 Å². The fourth-order valence-corrected chi connectivity index (χ4v) is 13.4. The van der Waals surface area contributed by atoms with Gasteiger partial charge in [-0.25, -0.2) is 9.13 Å². The van der Waals surface area contributed by atoms with Crippen LogP contribution in [0.2, 0.25) is 0 Å². The van der Waals surface area contributed by atoms with Crippen molar-refractivity contribution >= 4 is 39.5 Å². The highest BCUT2D eigenvalue weighted by atomic mass is 31.2. The van der Waals surface area contributed by atoms with Gasteiger partial charge in [-0.1, -0.05) is 350 Å². The third-order valence-electron chi connectivity index (χ3n) is 18.0. The smallest absolute Gasteiger partial charge is 0.462 e. The number of aliphatic hydroxyl groups excluding tert-OH is 1. The van der Waals surface area contributed by atoms with E-state index in [1.54, 1.807) is 0 Å². The molecule has 0 aliphatic carbocycles. The maximum Gasteiger partial charge on any atom is 0.472 e. The third-order valence-corrected chi connectivity index (χ3v) is 19.9. The van der Waals surface area contributed by atoms with E-state index in [0.717, 1.165) is 102 Å². The minimum absolute atomic E-state index is 0.106. The first-order valence-corrected chi connectivity index (χ1v) is 43.0. The van der Waals surface area contributed by atoms with E-state index in [9.17, 15) is 43.2 Å². The Balaban J connectivity index is 5.20. The van der Waals surface area contributed by atoms with Crippen molar-refractivity contribution in [1.29, 1.82) is 0 Å². The lowest BCUT2D eigenvalue weighted by atomic mass is 10.0. The van der Waals surface area contributed by atoms with Gasteiger partial charge in [-0.3, -0.25) is 37.3 Å². The van der Waals surface area contributed by atoms with Crippen molar-refractivity contribution in [3.8, 4) is 0 Å². The number of phosphoric acid groups is 2. The van der Waals surface area contributed by atoms with E-state index in [-0.39, 0.29) is 25.7 Å². The molecular formula is C77H150O17P2. The summed E-state index contributed by atoms with van der Waals surface area (Å²) in [5, 5.41) is 10.6. The average Bonchev–Trinajstić information content (AvgIpc) is 1.10. The maximum absolute atomic E-state index is 13.1. The Kier molecular flexibility index (Phi) is 67.4. The lowest BCUT2D eigenvalue weighted by molar-refractivity contribution is -0.161. The average molecular weight is 1410 g/mol. The van der Waals surface area contributed by atoms with Crippen molar-refractivity contribution in [3.05, 3.63) is 0 Å². The quantitative estimate of drug-likeness (QED) is 0.0222. The summed E-state index contributed by atoms with van der Waals surface area (Å²) in [4.78, 5) is 72.8. The zero-order valence-electron chi connectivity index (χ0n) is 62.7. The van der Waals surface area contributed by atoms with Gasteiger partial charge in [0.1, 0.15) is 19.3 Å². The van der Waals surface area contributed by atoms with Gasteiger partial charge in [-0.2, -0.15) is 0 Å². The number of hydrogen-bond acceptors (Lipinski definition) is 15. The van der Waals surface area contributed by atoms with Crippen molar-refractivity contribution in [1.82, 2.24) is 0 Å². The lowest BCUT2D eigenvalue weighted by Gasteiger charge is -2.21. The van der Waals surface area contributed by atoms with Crippen LogP contribution in [0, 0.1) is 11.8 Å². The number of rotatable bonds is 76. The van der Waals surface area contributed by atoms with Crippen molar-refractivity contribution in [2.75, 3.05) is 39.6 Å². The highest BCUT2D eigenvalue weighted by molar-refractivity contribution is 7.47. The van der Waals surface area contributed by atoms with Gasteiger partial charge in [0.2, 0.25) is 0 Å². The van der Waals surface area contributed by atoms with Gasteiger partial charge in [-0.05, 0) is 37.5 Å². The molecule has 17 nitrogen and oxygen atoms in total. The van der Waals surface area contributed by atoms with Crippen LogP contribution in [0.1, 0.15) is 401 Å². The summed E-state index contributed by atoms with van der Waals surface area (Å²) in [6, 6.07) is 0. The van der Waals surface area contributed by atoms with E-state index in [1.165, 1.54) is 212 Å². The molecule has 2 unspecified atom stereocenters. The van der Waals surface area contributed by atoms with E-state index in [0.29, 0.717) is 31.6 Å². The van der Waals surface area contributed by atoms with Crippen molar-refractivity contribution in [2.24, 2.45) is 11.8 Å². The Bertz CT molecular complexity index is 1860. The van der Waals surface area contributed by atoms with Gasteiger partial charge in [-0.15, -0.1) is 0 Å². The summed E-state index contributed by atoms with van der Waals surface area (Å²) in [7, 11) is -9.91. The Hall–Kier alpha value is -1.94. The molecule has 0 aromatic rings. The monoisotopic (exact) mass is 1410 g/mol. The first-order chi connectivity index (χ1) is 46.4. The number of carbonyl (C=O) groups is 4. The standard InChI is InChI=1S/C77H150O17P2/c1-7-9-11-13-15-17-19-20-21-22-23-24-25-26-27-28-32-37-43-50-56-62-77(82)93-72(65-87-74(79)59-53-47-41-35-33-29-31-34-39-45-51-57-69(3)4)67-91-95(83,84)89-63-71(78)64-90-96(85,86)92-68-73(66-88-75(80)60-54-48-44-38-40-46-52-58-70(5)6)94-76(81)61-55-49-42-36-30-18-16-14-12-10-8-2/h69-73,78H,7-68H2,1-6H3,(H,83,84)(H,85,86)/t71-,72-,73-/m1/s1. The highest BCUT2D eigenvalue weighted by Crippen LogP contribution is 2.45. The van der Waals surface area contributed by atoms with Crippen LogP contribution in [-0.4, -0.2) is 96.7 Å². The second-order valence-corrected chi connectivity index (χ2v) is 31.6. The summed E-state index contributed by atoms with van der Waals surface area (Å²) in [6.07, 6.45) is 57.1. The Morgan fingerprint density at radius 1 is 0.281 bits per heavy atom. The van der Waals surface area contributed by atoms with Gasteiger partial charge in [0.25, 0.3) is 0 Å². The number of phosphoric ester groups is 2. The van der Waals surface area contributed by atoms with Gasteiger partial charge >= 0.3 is 39.5 Å². The molecule has 0 saturated heterocycles. The molecule has 0 amide bonds. The lowest BCUT2D eigenvalue weighted by Crippen LogP contribution is -2.30. The molecule has 5 atom stereocenters. The first kappa shape index (κ1) is 94.1. The summed E-state index contributed by atoms with van der Waals surface area (Å²) >= 11 is 0. The summed E-state index contributed by atoms with van der Waals surface area (Å²) in [6.45, 7) is 9.54. The van der Waals surface area contributed by atoms with E-state index in [1.807, 2.05) is 0 Å². The number of ether oxygens (including phenoxy) is 4. The molecule has 0 radical (unpaired) electrons. The number of esters is 4. The molecular weight excluding hydrogens is 1260 g/mol. The number of unbranched alkanes of at least 4 members (excludes halogenated alkanes) is 46. The number of aliphatic hydroxyl groups is 1. The van der Waals surface area contributed by atoms with Crippen LogP contribution in [0.4, 0.5) is 0 Å². The first-order valence-electron chi connectivity index (χ1n) is 40.0. The van der Waals surface area contributed by atoms with Crippen LogP contribution in [0.3, 0.4) is 0 Å². The molecule has 0 aliphatic heterocycles. The Morgan fingerprint density at radius 2 is 0.479 bits per heavy atom. The minimum atomic E-state index is -4.96. The SMILES string of the molecule is CCCCCCCCCCCCCCCCCCCCCCCC(=O)O[C@H](COC(=O)CCCCCCCCCCCCCC(C)C)COP(=O)(O)OC[C@@H](O)COP(=O)(O)OC[C@@H](COC(=O)CCCCCCCCCC(C)C)OC(=O)CCCCCCCCCCCCC. The Labute approximate surface area is 588 Å². The zero-order chi connectivity index (χ0) is 70.7. The van der Waals surface area contributed by atoms with Crippen LogP contribution < -0.4 is 0 Å². The predicted octanol–water partition coefficient (Wildman–Crippen LogP) is 22.7. The van der Waals surface area contributed by atoms with Crippen molar-refractivity contribution < 1.29 is 80.2 Å². The molecule has 3 N–H and O–H groups in total. The largest absolute Gasteiger partial charge is 0.472 e. The molecule has 0 aromatic carbocycles. The maximum atomic E-state index is 13.1. The number of hydrogen-bond donors (Lipinski definition) is 3. The second kappa shape index (κ2) is 68.8. The second-order valence-electron chi connectivity index (χ2n) is 28.7. The summed E-state index contributed by atoms with van der Waals surface area (Å²) < 4.78 is 68.5. The normalized spacial score (nSPS) is 14.0. The van der Waals surface area contributed by atoms with Crippen molar-refractivity contribution in [3.63, 3.8) is 0 Å². The molecule has 96 heavy (non-hydrogen) atoms. The summed E-state index contributed by atoms with van der Waals surface area (Å²) in [5.41, 5.74) is 0. The molecule has 0 aromatic heterocycles. The third kappa shape index (κ3) is 70.5. The number of carbonyl (C=O) groups excluding carboxylic acids is 4. The fourth-order valence-electron chi connectivity index (χ4n) is 11.8. The summed E-state index contributed by atoms with van der Waals surface area (Å²) in [5.74, 6) is -0.640. The van der Waals surface area contributed by atoms with E-state index in [4.69, 9.17) is 37.0 Å². The molecule has 0 fully saturated rings. The molecule has 0 heterocycles. The van der Waals surface area contributed by atoms with Crippen LogP contribution in [0.15, 0.2) is 0 Å². The van der Waals surface area contributed by atoms with Crippen LogP contribution in [0.5, 0.6) is 0 Å². The zero-order valence-corrected chi connectivity index (χ0v) is 64.5. The van der Waals surface area contributed by atoms with Gasteiger partial charge < -0.3 is 33.8 Å². The molecule has 0 aliphatic rings. The van der Waals surface area contributed by atoms with E-state index < -0.39 is 97.5 Å². The molecule has 570 valence electrons. The van der Waals surface area contributed by atoms with Gasteiger partial charge in [0.15, 0.2) is 12.2 Å². The predicted molar refractivity (Wildman–Crippen MR) is 391 cm³/mol. The highest BCUT2D eigenvalue weighted by Gasteiger charge is 2.30. The minimum Gasteiger partial charge on any atom is -0.462 e. The fraction of sp³-hybridized carbons (Fsp3) is 0.948. The van der Waals surface area contributed by atoms with Crippen LogP contribution in [0.25, 0.3) is 0 Å². The molecule has 19 heteroatoms. The van der Waals surface area contributed by atoms with Gasteiger partial charge in [0, 0.05) is 25.7 Å². The van der Waals surface area contributed by atoms with Crippen molar-refractivity contribution in [2.45, 2.75) is 419 Å². The van der Waals surface area contributed by atoms with Crippen LogP contribution in [-0.2, 0) is 65.4 Å². The van der Waals surface area contributed by atoms with Crippen LogP contribution >= 0.6 is 15.6 Å². The van der Waals surface area contributed by atoms with E-state index >= 15 is 0 Å². The van der Waals surface area contributed by atoms with Gasteiger partial charge in [0.05, 0.1) is 26.4 Å². The molecule has 0 saturated carbocycles. The molecule has 0 spiro atoms. The topological polar surface area (TPSA) is 237 Å². The molecule has 0 bridgehead atoms.